The molecular formula is C36H35N3O7S. The molecule has 0 aliphatic carbocycles. The Balaban J connectivity index is 1.14. The lowest BCUT2D eigenvalue weighted by atomic mass is 9.91. The molecule has 10 nitrogen and oxygen atoms in total. The van der Waals surface area contributed by atoms with E-state index >= 15 is 0 Å². The first-order valence-electron chi connectivity index (χ1n) is 15.4. The molecule has 3 amide bonds. The Hall–Kier alpha value is -4.55. The average Bonchev–Trinajstić information content (AvgIpc) is 3.39. The van der Waals surface area contributed by atoms with Crippen molar-refractivity contribution in [2.75, 3.05) is 10.7 Å². The first-order chi connectivity index (χ1) is 22.9. The van der Waals surface area contributed by atoms with Crippen LogP contribution in [0, 0.1) is 5.92 Å². The molecule has 11 heteroatoms. The standard InChI is InChI=1S/C36H35N3O7S/c1-23-30(22-47-31-9-5-6-18-37-31)45-35(46-33(23)26-12-10-24(20-40)11-13-26)27-14-16-28(17-15-27)39-32(41)19-29(34(39)42)38-36(43)44-21-25-7-3-2-4-8-25/h2-18,23,29-30,33,35,40H,19-22H2,1H3,(H,38,43). The predicted octanol–water partition coefficient (Wildman–Crippen LogP) is 5.72. The molecule has 2 aliphatic heterocycles. The Morgan fingerprint density at radius 2 is 1.66 bits per heavy atom. The van der Waals surface area contributed by atoms with Gasteiger partial charge >= 0.3 is 6.09 Å². The molecule has 4 aromatic rings. The van der Waals surface area contributed by atoms with Gasteiger partial charge in [-0.1, -0.05) is 79.7 Å². The molecule has 0 spiro atoms. The Kier molecular flexibility index (Phi) is 10.3. The van der Waals surface area contributed by atoms with Crippen molar-refractivity contribution < 1.29 is 33.7 Å². The summed E-state index contributed by atoms with van der Waals surface area (Å²) in [6, 6.07) is 28.6. The molecule has 2 N–H and O–H groups in total. The van der Waals surface area contributed by atoms with E-state index < -0.39 is 30.2 Å². The molecule has 2 saturated heterocycles. The summed E-state index contributed by atoms with van der Waals surface area (Å²) in [6.07, 6.45) is -0.354. The average molecular weight is 654 g/mol. The molecule has 1 aromatic heterocycles. The molecule has 3 aromatic carbocycles. The second kappa shape index (κ2) is 14.9. The number of hydrogen-bond acceptors (Lipinski definition) is 9. The van der Waals surface area contributed by atoms with Crippen molar-refractivity contribution in [1.82, 2.24) is 10.3 Å². The summed E-state index contributed by atoms with van der Waals surface area (Å²) >= 11 is 1.61. The normalized spacial score (nSPS) is 22.7. The summed E-state index contributed by atoms with van der Waals surface area (Å²) in [5.74, 6) is -0.296. The van der Waals surface area contributed by atoms with Crippen molar-refractivity contribution in [3.63, 3.8) is 0 Å². The first kappa shape index (κ1) is 32.4. The Morgan fingerprint density at radius 1 is 0.936 bits per heavy atom. The van der Waals surface area contributed by atoms with E-state index in [2.05, 4.69) is 17.2 Å². The lowest BCUT2D eigenvalue weighted by molar-refractivity contribution is -0.268. The van der Waals surface area contributed by atoms with Crippen LogP contribution in [0.1, 0.15) is 48.0 Å². The lowest BCUT2D eigenvalue weighted by Crippen LogP contribution is -2.42. The minimum atomic E-state index is -1.02. The molecular weight excluding hydrogens is 618 g/mol. The highest BCUT2D eigenvalue weighted by Gasteiger charge is 2.41. The maximum absolute atomic E-state index is 13.2. The van der Waals surface area contributed by atoms with Gasteiger partial charge in [0.25, 0.3) is 5.91 Å². The number of rotatable bonds is 10. The quantitative estimate of drug-likeness (QED) is 0.163. The van der Waals surface area contributed by atoms with Crippen molar-refractivity contribution in [3.8, 4) is 0 Å². The summed E-state index contributed by atoms with van der Waals surface area (Å²) < 4.78 is 18.3. The summed E-state index contributed by atoms with van der Waals surface area (Å²) in [5, 5.41) is 12.9. The van der Waals surface area contributed by atoms with Crippen molar-refractivity contribution in [2.24, 2.45) is 5.92 Å². The van der Waals surface area contributed by atoms with Crippen LogP contribution in [0.2, 0.25) is 0 Å². The zero-order chi connectivity index (χ0) is 32.8. The summed E-state index contributed by atoms with van der Waals surface area (Å²) in [7, 11) is 0. The number of hydrogen-bond donors (Lipinski definition) is 2. The van der Waals surface area contributed by atoms with Gasteiger partial charge in [-0.3, -0.25) is 9.59 Å². The first-order valence-corrected chi connectivity index (χ1v) is 16.4. The number of ether oxygens (including phenoxy) is 3. The van der Waals surface area contributed by atoms with Gasteiger partial charge in [0.2, 0.25) is 5.91 Å². The number of nitrogens with zero attached hydrogens (tertiary/aromatic N) is 2. The van der Waals surface area contributed by atoms with Crippen LogP contribution < -0.4 is 10.2 Å². The van der Waals surface area contributed by atoms with Crippen LogP contribution in [-0.2, 0) is 37.0 Å². The molecule has 0 radical (unpaired) electrons. The smallest absolute Gasteiger partial charge is 0.408 e. The number of nitrogens with one attached hydrogen (secondary N) is 1. The molecule has 47 heavy (non-hydrogen) atoms. The summed E-state index contributed by atoms with van der Waals surface area (Å²) in [4.78, 5) is 44.0. The van der Waals surface area contributed by atoms with Crippen LogP contribution in [-0.4, -0.2) is 45.9 Å². The minimum absolute atomic E-state index is 0.00497. The zero-order valence-electron chi connectivity index (χ0n) is 25.7. The van der Waals surface area contributed by atoms with Gasteiger partial charge in [0, 0.05) is 23.4 Å². The number of carbonyl (C=O) groups is 3. The van der Waals surface area contributed by atoms with Gasteiger partial charge in [-0.15, -0.1) is 11.8 Å². The van der Waals surface area contributed by atoms with E-state index in [4.69, 9.17) is 14.2 Å². The largest absolute Gasteiger partial charge is 0.445 e. The van der Waals surface area contributed by atoms with E-state index in [1.54, 1.807) is 42.2 Å². The molecule has 2 aliphatic rings. The van der Waals surface area contributed by atoms with Crippen molar-refractivity contribution in [1.29, 1.82) is 0 Å². The maximum Gasteiger partial charge on any atom is 0.408 e. The number of alkyl carbamates (subject to hydrolysis) is 1. The Labute approximate surface area is 277 Å². The van der Waals surface area contributed by atoms with Crippen molar-refractivity contribution in [3.05, 3.63) is 126 Å². The van der Waals surface area contributed by atoms with Gasteiger partial charge in [-0.05, 0) is 41.0 Å². The molecule has 3 heterocycles. The molecule has 242 valence electrons. The van der Waals surface area contributed by atoms with Gasteiger partial charge in [0.1, 0.15) is 12.6 Å². The molecule has 2 fully saturated rings. The van der Waals surface area contributed by atoms with Crippen LogP contribution in [0.15, 0.2) is 108 Å². The second-order valence-corrected chi connectivity index (χ2v) is 12.5. The predicted molar refractivity (Wildman–Crippen MR) is 175 cm³/mol. The van der Waals surface area contributed by atoms with E-state index in [1.807, 2.05) is 72.8 Å². The number of carbonyl (C=O) groups excluding carboxylic acids is 3. The molecule has 6 rings (SSSR count). The molecule has 5 atom stereocenters. The van der Waals surface area contributed by atoms with Gasteiger partial charge < -0.3 is 24.6 Å². The Bertz CT molecular complexity index is 1670. The fraction of sp³-hybridized carbons (Fsp3) is 0.278. The van der Waals surface area contributed by atoms with Gasteiger partial charge in [0.05, 0.1) is 35.9 Å². The highest BCUT2D eigenvalue weighted by molar-refractivity contribution is 7.99. The maximum atomic E-state index is 13.2. The topological polar surface area (TPSA) is 127 Å². The monoisotopic (exact) mass is 653 g/mol. The highest BCUT2D eigenvalue weighted by atomic mass is 32.2. The number of aromatic nitrogens is 1. The number of benzene rings is 3. The third kappa shape index (κ3) is 7.71. The van der Waals surface area contributed by atoms with Crippen LogP contribution in [0.4, 0.5) is 10.5 Å². The van der Waals surface area contributed by atoms with Crippen LogP contribution >= 0.6 is 11.8 Å². The number of aliphatic hydroxyl groups excluding tert-OH is 1. The number of imide groups is 1. The number of amides is 3. The fourth-order valence-corrected chi connectivity index (χ4v) is 6.64. The highest BCUT2D eigenvalue weighted by Crippen LogP contribution is 2.43. The second-order valence-electron chi connectivity index (χ2n) is 11.4. The fourth-order valence-electron chi connectivity index (χ4n) is 5.61. The van der Waals surface area contributed by atoms with Gasteiger partial charge in [-0.2, -0.15) is 0 Å². The third-order valence-corrected chi connectivity index (χ3v) is 9.26. The molecule has 0 saturated carbocycles. The molecule has 5 unspecified atom stereocenters. The van der Waals surface area contributed by atoms with Crippen LogP contribution in [0.25, 0.3) is 0 Å². The summed E-state index contributed by atoms with van der Waals surface area (Å²) in [5.41, 5.74) is 3.71. The van der Waals surface area contributed by atoms with E-state index in [9.17, 15) is 19.5 Å². The number of pyridine rings is 1. The molecule has 0 bridgehead atoms. The van der Waals surface area contributed by atoms with Crippen molar-refractivity contribution >= 4 is 35.4 Å². The van der Waals surface area contributed by atoms with Gasteiger partial charge in [0.15, 0.2) is 6.29 Å². The van der Waals surface area contributed by atoms with Gasteiger partial charge in [-0.25, -0.2) is 14.7 Å². The van der Waals surface area contributed by atoms with Crippen LogP contribution in [0.3, 0.4) is 0 Å². The lowest BCUT2D eigenvalue weighted by Gasteiger charge is -2.41. The van der Waals surface area contributed by atoms with E-state index in [0.29, 0.717) is 11.4 Å². The van der Waals surface area contributed by atoms with Crippen LogP contribution in [0.5, 0.6) is 0 Å². The number of anilines is 1. The van der Waals surface area contributed by atoms with E-state index in [1.165, 1.54) is 0 Å². The third-order valence-electron chi connectivity index (χ3n) is 8.23. The van der Waals surface area contributed by atoms with E-state index in [0.717, 1.165) is 32.2 Å². The SMILES string of the molecule is CC1C(CSc2ccccn2)OC(c2ccc(N3C(=O)CC(NC(=O)OCc4ccccc4)C3=O)cc2)OC1c1ccc(CO)cc1. The Morgan fingerprint density at radius 3 is 2.36 bits per heavy atom. The number of thioether (sulfide) groups is 1. The zero-order valence-corrected chi connectivity index (χ0v) is 26.5. The minimum Gasteiger partial charge on any atom is -0.445 e. The summed E-state index contributed by atoms with van der Waals surface area (Å²) in [6.45, 7) is 2.11. The van der Waals surface area contributed by atoms with E-state index in [-0.39, 0.29) is 37.8 Å². The number of aliphatic hydroxyl groups is 1. The van der Waals surface area contributed by atoms with Crippen molar-refractivity contribution in [2.45, 2.75) is 56.1 Å².